The number of halogens is 1. The number of benzene rings is 1. The fourth-order valence-electron chi connectivity index (χ4n) is 2.45. The second-order valence-electron chi connectivity index (χ2n) is 5.44. The van der Waals surface area contributed by atoms with Crippen LogP contribution in [-0.4, -0.2) is 27.3 Å². The summed E-state index contributed by atoms with van der Waals surface area (Å²) in [5, 5.41) is 19.5. The Bertz CT molecular complexity index is 898. The monoisotopic (exact) mass is 337 g/mol. The summed E-state index contributed by atoms with van der Waals surface area (Å²) < 4.78 is 13.1. The maximum atomic E-state index is 13.1. The van der Waals surface area contributed by atoms with E-state index in [2.05, 4.69) is 15.3 Å². The first-order valence-corrected chi connectivity index (χ1v) is 7.86. The van der Waals surface area contributed by atoms with Crippen molar-refractivity contribution in [1.82, 2.24) is 9.97 Å². The predicted molar refractivity (Wildman–Crippen MR) is 98.0 cm³/mol. The van der Waals surface area contributed by atoms with E-state index in [0.29, 0.717) is 22.8 Å². The molecule has 0 spiro atoms. The smallest absolute Gasteiger partial charge is 0.270 e. The molecule has 1 heterocycles. The lowest BCUT2D eigenvalue weighted by Gasteiger charge is -2.11. The van der Waals surface area contributed by atoms with E-state index in [0.717, 1.165) is 12.1 Å². The summed E-state index contributed by atoms with van der Waals surface area (Å²) in [6.07, 6.45) is 6.85. The van der Waals surface area contributed by atoms with Crippen LogP contribution in [0.25, 0.3) is 11.3 Å². The van der Waals surface area contributed by atoms with E-state index >= 15 is 0 Å². The van der Waals surface area contributed by atoms with E-state index in [9.17, 15) is 4.39 Å². The Hall–Kier alpha value is -3.28. The Morgan fingerprint density at radius 2 is 1.96 bits per heavy atom. The van der Waals surface area contributed by atoms with Crippen molar-refractivity contribution in [1.29, 1.82) is 5.41 Å². The molecule has 4 N–H and O–H groups in total. The van der Waals surface area contributed by atoms with Crippen molar-refractivity contribution in [3.63, 3.8) is 0 Å². The predicted octanol–water partition coefficient (Wildman–Crippen LogP) is 3.16. The third-order valence-electron chi connectivity index (χ3n) is 3.71. The number of nitrogens with one attached hydrogen (secondary N) is 2. The van der Waals surface area contributed by atoms with Gasteiger partial charge in [-0.2, -0.15) is 0 Å². The Balaban J connectivity index is 2.02. The normalized spacial score (nSPS) is 15.8. The zero-order chi connectivity index (χ0) is 17.8. The van der Waals surface area contributed by atoms with Gasteiger partial charge in [-0.25, -0.2) is 14.4 Å². The number of allylic oxidation sites excluding steroid dienone is 5. The fourth-order valence-corrected chi connectivity index (χ4v) is 2.45. The molecule has 0 unspecified atom stereocenters. The standard InChI is InChI=1S/C19H17FN4O/c1-2-22-19-23-10-9-17(24-19)13-5-8-16(21)15(11-13)18(25)12-3-6-14(20)7-4-12/h3-11,21,25H,2H2,1H3,(H,22,23,24)/p+1/b18-15-,21-16?. The van der Waals surface area contributed by atoms with Crippen LogP contribution in [0.15, 0.2) is 60.3 Å². The largest absolute Gasteiger partial charge is 0.592 e. The van der Waals surface area contributed by atoms with E-state index in [-0.39, 0.29) is 17.3 Å². The Morgan fingerprint density at radius 3 is 2.68 bits per heavy atom. The molecule has 5 nitrogen and oxygen atoms in total. The van der Waals surface area contributed by atoms with Crippen LogP contribution in [0.2, 0.25) is 0 Å². The summed E-state index contributed by atoms with van der Waals surface area (Å²) >= 11 is 0. The zero-order valence-corrected chi connectivity index (χ0v) is 13.7. The number of aromatic nitrogens is 2. The van der Waals surface area contributed by atoms with Crippen LogP contribution in [0.1, 0.15) is 18.2 Å². The Kier molecular flexibility index (Phi) is 4.70. The number of hydrogen-bond donors (Lipinski definition) is 2. The van der Waals surface area contributed by atoms with Gasteiger partial charge in [0.1, 0.15) is 5.82 Å². The molecule has 0 saturated heterocycles. The molecular formula is C19H18FN4O+. The average Bonchev–Trinajstić information content (AvgIpc) is 2.63. The van der Waals surface area contributed by atoms with Gasteiger partial charge in [-0.05, 0) is 49.4 Å². The third kappa shape index (κ3) is 3.63. The minimum atomic E-state index is -0.353. The van der Waals surface area contributed by atoms with Gasteiger partial charge in [0.2, 0.25) is 5.95 Å². The third-order valence-corrected chi connectivity index (χ3v) is 3.71. The van der Waals surface area contributed by atoms with Crippen LogP contribution in [-0.2, 0) is 0 Å². The van der Waals surface area contributed by atoms with Gasteiger partial charge in [-0.3, -0.25) is 5.41 Å². The molecule has 2 aromatic rings. The maximum Gasteiger partial charge on any atom is 0.270 e. The fraction of sp³-hybridized carbons (Fsp3) is 0.105. The van der Waals surface area contributed by atoms with Crippen molar-refractivity contribution in [2.45, 2.75) is 6.92 Å². The van der Waals surface area contributed by atoms with Crippen molar-refractivity contribution < 1.29 is 9.50 Å². The molecule has 1 aromatic heterocycles. The van der Waals surface area contributed by atoms with Gasteiger partial charge in [0.15, 0.2) is 0 Å². The summed E-state index contributed by atoms with van der Waals surface area (Å²) in [4.78, 5) is 8.59. The maximum absolute atomic E-state index is 13.1. The van der Waals surface area contributed by atoms with Crippen LogP contribution in [0.5, 0.6) is 0 Å². The van der Waals surface area contributed by atoms with Crippen molar-refractivity contribution in [2.24, 2.45) is 0 Å². The molecule has 126 valence electrons. The lowest BCUT2D eigenvalue weighted by atomic mass is 9.95. The van der Waals surface area contributed by atoms with Gasteiger partial charge in [0.05, 0.1) is 22.5 Å². The van der Waals surface area contributed by atoms with Gasteiger partial charge in [-0.1, -0.05) is 6.08 Å². The molecule has 0 bridgehead atoms. The number of hydrogen-bond acceptors (Lipinski definition) is 4. The molecule has 0 amide bonds. The van der Waals surface area contributed by atoms with Gasteiger partial charge < -0.3 is 10.4 Å². The number of rotatable bonds is 4. The SMILES string of the molecule is CCNc1nccc(C2=C/C(=C(/[OH2+])c3ccc(F)cc3)C(=N)C=C2)n1. The van der Waals surface area contributed by atoms with Crippen molar-refractivity contribution in [2.75, 3.05) is 11.9 Å². The Morgan fingerprint density at radius 1 is 1.20 bits per heavy atom. The van der Waals surface area contributed by atoms with Crippen molar-refractivity contribution >= 4 is 23.0 Å². The number of nitrogens with zero attached hydrogens (tertiary/aromatic N) is 2. The Labute approximate surface area is 144 Å². The molecule has 1 aliphatic carbocycles. The minimum Gasteiger partial charge on any atom is -0.592 e. The quantitative estimate of drug-likeness (QED) is 0.664. The molecule has 0 atom stereocenters. The highest BCUT2D eigenvalue weighted by Crippen LogP contribution is 2.27. The van der Waals surface area contributed by atoms with Crippen molar-refractivity contribution in [3.8, 4) is 0 Å². The summed E-state index contributed by atoms with van der Waals surface area (Å²) in [6.45, 7) is 2.68. The highest BCUT2D eigenvalue weighted by molar-refractivity contribution is 6.16. The van der Waals surface area contributed by atoms with E-state index in [4.69, 9.17) is 10.5 Å². The summed E-state index contributed by atoms with van der Waals surface area (Å²) in [5.74, 6) is 0.353. The lowest BCUT2D eigenvalue weighted by Crippen LogP contribution is -2.07. The summed E-state index contributed by atoms with van der Waals surface area (Å²) in [7, 11) is 0. The lowest BCUT2D eigenvalue weighted by molar-refractivity contribution is 0.509. The van der Waals surface area contributed by atoms with Gasteiger partial charge >= 0.3 is 0 Å². The number of anilines is 1. The summed E-state index contributed by atoms with van der Waals surface area (Å²) in [6, 6.07) is 7.48. The average molecular weight is 337 g/mol. The first kappa shape index (κ1) is 16.6. The van der Waals surface area contributed by atoms with E-state index in [1.165, 1.54) is 24.3 Å². The van der Waals surface area contributed by atoms with Gasteiger partial charge in [-0.15, -0.1) is 0 Å². The molecule has 1 aromatic carbocycles. The van der Waals surface area contributed by atoms with Crippen LogP contribution in [0.4, 0.5) is 10.3 Å². The van der Waals surface area contributed by atoms with Crippen LogP contribution < -0.4 is 5.32 Å². The second kappa shape index (κ2) is 7.09. The van der Waals surface area contributed by atoms with Crippen molar-refractivity contribution in [3.05, 3.63) is 77.4 Å². The zero-order valence-electron chi connectivity index (χ0n) is 13.7. The van der Waals surface area contributed by atoms with E-state index in [1.54, 1.807) is 30.5 Å². The van der Waals surface area contributed by atoms with Gasteiger partial charge in [0.25, 0.3) is 5.76 Å². The van der Waals surface area contributed by atoms with Gasteiger partial charge in [0, 0.05) is 18.3 Å². The van der Waals surface area contributed by atoms with Crippen LogP contribution in [0.3, 0.4) is 0 Å². The molecule has 25 heavy (non-hydrogen) atoms. The first-order chi connectivity index (χ1) is 12.1. The summed E-state index contributed by atoms with van der Waals surface area (Å²) in [5.41, 5.74) is 2.76. The molecular weight excluding hydrogens is 319 g/mol. The molecule has 0 fully saturated rings. The van der Waals surface area contributed by atoms with E-state index < -0.39 is 0 Å². The van der Waals surface area contributed by atoms with Crippen LogP contribution in [0, 0.1) is 11.2 Å². The highest BCUT2D eigenvalue weighted by atomic mass is 19.1. The minimum absolute atomic E-state index is 0.174. The molecule has 1 aliphatic rings. The molecule has 0 saturated carbocycles. The van der Waals surface area contributed by atoms with Crippen LogP contribution >= 0.6 is 0 Å². The topological polar surface area (TPSA) is 84.6 Å². The second-order valence-corrected chi connectivity index (χ2v) is 5.44. The molecule has 3 rings (SSSR count). The highest BCUT2D eigenvalue weighted by Gasteiger charge is 2.19. The van der Waals surface area contributed by atoms with E-state index in [1.807, 2.05) is 6.92 Å². The first-order valence-electron chi connectivity index (χ1n) is 7.86. The molecule has 6 heteroatoms. The molecule has 0 aliphatic heterocycles. The molecule has 0 radical (unpaired) electrons.